The highest BCUT2D eigenvalue weighted by molar-refractivity contribution is 7.99. The third kappa shape index (κ3) is 1.56. The van der Waals surface area contributed by atoms with Gasteiger partial charge in [-0.15, -0.1) is 0 Å². The molecule has 0 atom stereocenters. The zero-order valence-corrected chi connectivity index (χ0v) is 11.0. The molecule has 0 spiro atoms. The second kappa shape index (κ2) is 4.06. The second-order valence-corrected chi connectivity index (χ2v) is 6.07. The number of nitrogens with one attached hydrogen (secondary N) is 1. The van der Waals surface area contributed by atoms with E-state index < -0.39 is 0 Å². The Labute approximate surface area is 112 Å². The van der Waals surface area contributed by atoms with E-state index in [1.54, 1.807) is 11.1 Å². The lowest BCUT2D eigenvalue weighted by Crippen LogP contribution is -2.15. The molecule has 2 aliphatic heterocycles. The smallest absolute Gasteiger partial charge is 0.0376 e. The molecule has 0 bridgehead atoms. The minimum Gasteiger partial charge on any atom is -0.385 e. The molecule has 1 nitrogen and oxygen atoms in total. The molecular weight excluding hydrogens is 238 g/mol. The van der Waals surface area contributed by atoms with Crippen molar-refractivity contribution in [1.29, 1.82) is 0 Å². The van der Waals surface area contributed by atoms with E-state index in [1.807, 2.05) is 11.8 Å². The lowest BCUT2D eigenvalue weighted by atomic mass is 9.93. The van der Waals surface area contributed by atoms with Gasteiger partial charge in [0.2, 0.25) is 0 Å². The van der Waals surface area contributed by atoms with Crippen molar-refractivity contribution in [2.24, 2.45) is 0 Å². The van der Waals surface area contributed by atoms with Crippen LogP contribution in [0.5, 0.6) is 0 Å². The van der Waals surface area contributed by atoms with Crippen LogP contribution in [0.1, 0.15) is 23.1 Å². The lowest BCUT2D eigenvalue weighted by molar-refractivity contribution is 0.810. The van der Waals surface area contributed by atoms with Crippen molar-refractivity contribution in [3.63, 3.8) is 0 Å². The van der Waals surface area contributed by atoms with Gasteiger partial charge >= 0.3 is 0 Å². The van der Waals surface area contributed by atoms with Gasteiger partial charge in [-0.3, -0.25) is 0 Å². The fraction of sp³-hybridized carbons (Fsp3) is 0.250. The maximum atomic E-state index is 3.53. The predicted octanol–water partition coefficient (Wildman–Crippen LogP) is 4.10. The van der Waals surface area contributed by atoms with Crippen LogP contribution in [0.15, 0.2) is 46.2 Å². The topological polar surface area (TPSA) is 12.0 Å². The molecule has 0 saturated heterocycles. The molecule has 90 valence electrons. The monoisotopic (exact) mass is 253 g/mol. The maximum absolute atomic E-state index is 3.53. The van der Waals surface area contributed by atoms with E-state index >= 15 is 0 Å². The van der Waals surface area contributed by atoms with Crippen LogP contribution in [0.25, 0.3) is 0 Å². The van der Waals surface area contributed by atoms with Crippen LogP contribution >= 0.6 is 11.8 Å². The van der Waals surface area contributed by atoms with Crippen LogP contribution in [0.2, 0.25) is 0 Å². The van der Waals surface area contributed by atoms with Crippen LogP contribution < -0.4 is 5.32 Å². The Kier molecular flexibility index (Phi) is 2.37. The zero-order valence-electron chi connectivity index (χ0n) is 10.2. The average molecular weight is 253 g/mol. The molecule has 0 radical (unpaired) electrons. The third-order valence-electron chi connectivity index (χ3n) is 3.87. The molecule has 0 aromatic heterocycles. The highest BCUT2D eigenvalue weighted by atomic mass is 32.2. The first-order chi connectivity index (χ1) is 8.92. The van der Waals surface area contributed by atoms with Crippen LogP contribution in [-0.2, 0) is 12.8 Å². The van der Waals surface area contributed by atoms with E-state index in [9.17, 15) is 0 Å². The molecule has 4 rings (SSSR count). The van der Waals surface area contributed by atoms with Crippen molar-refractivity contribution in [2.45, 2.75) is 29.1 Å². The fourth-order valence-corrected chi connectivity index (χ4v) is 4.07. The first kappa shape index (κ1) is 10.5. The van der Waals surface area contributed by atoms with E-state index in [1.165, 1.54) is 33.9 Å². The van der Waals surface area contributed by atoms with E-state index in [2.05, 4.69) is 41.7 Å². The van der Waals surface area contributed by atoms with E-state index in [0.29, 0.717) is 0 Å². The molecule has 0 saturated carbocycles. The summed E-state index contributed by atoms with van der Waals surface area (Å²) in [6.45, 7) is 1.12. The van der Waals surface area contributed by atoms with Crippen LogP contribution in [-0.4, -0.2) is 6.54 Å². The number of hydrogen-bond donors (Lipinski definition) is 1. The molecule has 0 fully saturated rings. The number of anilines is 1. The van der Waals surface area contributed by atoms with Gasteiger partial charge in [0, 0.05) is 28.4 Å². The first-order valence-corrected chi connectivity index (χ1v) is 7.38. The van der Waals surface area contributed by atoms with Gasteiger partial charge in [-0.05, 0) is 47.7 Å². The van der Waals surface area contributed by atoms with Gasteiger partial charge in [-0.1, -0.05) is 30.0 Å². The molecule has 0 unspecified atom stereocenters. The maximum Gasteiger partial charge on any atom is 0.0376 e. The Hall–Kier alpha value is -1.41. The van der Waals surface area contributed by atoms with Gasteiger partial charge in [-0.25, -0.2) is 0 Å². The highest BCUT2D eigenvalue weighted by Gasteiger charge is 2.21. The standard InChI is InChI=1S/C16H15NS/c1-2-6-15-11(4-1)10-13-12-5-3-9-17-14(12)7-8-16(13)18-15/h1-2,4,6-8,17H,3,5,9-10H2. The van der Waals surface area contributed by atoms with Crippen molar-refractivity contribution in [1.82, 2.24) is 0 Å². The molecule has 2 aromatic carbocycles. The number of hydrogen-bond acceptors (Lipinski definition) is 2. The lowest BCUT2D eigenvalue weighted by Gasteiger charge is -2.26. The Balaban J connectivity index is 1.86. The van der Waals surface area contributed by atoms with Crippen molar-refractivity contribution in [2.75, 3.05) is 11.9 Å². The van der Waals surface area contributed by atoms with Crippen LogP contribution in [0, 0.1) is 0 Å². The second-order valence-electron chi connectivity index (χ2n) is 4.99. The van der Waals surface area contributed by atoms with Crippen molar-refractivity contribution in [3.05, 3.63) is 53.1 Å². The molecule has 2 aromatic rings. The Morgan fingerprint density at radius 3 is 2.89 bits per heavy atom. The number of rotatable bonds is 0. The van der Waals surface area contributed by atoms with Gasteiger partial charge in [0.15, 0.2) is 0 Å². The summed E-state index contributed by atoms with van der Waals surface area (Å²) in [5.41, 5.74) is 5.96. The summed E-state index contributed by atoms with van der Waals surface area (Å²) in [5, 5.41) is 3.53. The largest absolute Gasteiger partial charge is 0.385 e. The number of benzene rings is 2. The Bertz CT molecular complexity index is 618. The van der Waals surface area contributed by atoms with Gasteiger partial charge in [0.1, 0.15) is 0 Å². The zero-order chi connectivity index (χ0) is 11.9. The van der Waals surface area contributed by atoms with E-state index in [-0.39, 0.29) is 0 Å². The SMILES string of the molecule is c1ccc2c(c1)Cc1c(ccc3c1CCCN3)S2. The summed E-state index contributed by atoms with van der Waals surface area (Å²) < 4.78 is 0. The summed E-state index contributed by atoms with van der Waals surface area (Å²) in [7, 11) is 0. The van der Waals surface area contributed by atoms with E-state index in [0.717, 1.165) is 13.0 Å². The van der Waals surface area contributed by atoms with Gasteiger partial charge < -0.3 is 5.32 Å². The number of fused-ring (bicyclic) bond motifs is 4. The van der Waals surface area contributed by atoms with Gasteiger partial charge in [0.25, 0.3) is 0 Å². The summed E-state index contributed by atoms with van der Waals surface area (Å²) in [5.74, 6) is 0. The third-order valence-corrected chi connectivity index (χ3v) is 5.09. The van der Waals surface area contributed by atoms with E-state index in [4.69, 9.17) is 0 Å². The molecule has 18 heavy (non-hydrogen) atoms. The summed E-state index contributed by atoms with van der Waals surface area (Å²) >= 11 is 1.93. The van der Waals surface area contributed by atoms with Gasteiger partial charge in [0.05, 0.1) is 0 Å². The molecule has 1 N–H and O–H groups in total. The van der Waals surface area contributed by atoms with Crippen molar-refractivity contribution in [3.8, 4) is 0 Å². The van der Waals surface area contributed by atoms with Crippen LogP contribution in [0.3, 0.4) is 0 Å². The minimum atomic E-state index is 1.10. The molecule has 0 amide bonds. The predicted molar refractivity (Wildman–Crippen MR) is 76.6 cm³/mol. The molecule has 2 heterocycles. The molecule has 2 aliphatic rings. The first-order valence-electron chi connectivity index (χ1n) is 6.56. The average Bonchev–Trinajstić information content (AvgIpc) is 2.45. The normalized spacial score (nSPS) is 16.2. The van der Waals surface area contributed by atoms with Gasteiger partial charge in [-0.2, -0.15) is 0 Å². The van der Waals surface area contributed by atoms with Crippen molar-refractivity contribution < 1.29 is 0 Å². The highest BCUT2D eigenvalue weighted by Crippen LogP contribution is 2.43. The van der Waals surface area contributed by atoms with Crippen LogP contribution in [0.4, 0.5) is 5.69 Å². The fourth-order valence-electron chi connectivity index (χ4n) is 2.96. The molecule has 2 heteroatoms. The molecular formula is C16H15NS. The summed E-state index contributed by atoms with van der Waals surface area (Å²) in [6.07, 6.45) is 3.59. The summed E-state index contributed by atoms with van der Waals surface area (Å²) in [6, 6.07) is 13.3. The summed E-state index contributed by atoms with van der Waals surface area (Å²) in [4.78, 5) is 2.88. The minimum absolute atomic E-state index is 1.10. The quantitative estimate of drug-likeness (QED) is 0.647. The Morgan fingerprint density at radius 1 is 0.944 bits per heavy atom. The molecule has 0 aliphatic carbocycles. The Morgan fingerprint density at radius 2 is 1.89 bits per heavy atom. The van der Waals surface area contributed by atoms with Crippen molar-refractivity contribution >= 4 is 17.4 Å².